The third-order valence-electron chi connectivity index (χ3n) is 7.06. The van der Waals surface area contributed by atoms with Crippen molar-refractivity contribution >= 4 is 46.0 Å². The number of halogens is 2. The highest BCUT2D eigenvalue weighted by atomic mass is 35.5. The number of nitrogens with zero attached hydrogens (tertiary/aromatic N) is 4. The smallest absolute Gasteiger partial charge is 0.350 e. The zero-order chi connectivity index (χ0) is 26.6. The van der Waals surface area contributed by atoms with Crippen LogP contribution < -0.4 is 10.6 Å². The molecule has 0 saturated carbocycles. The Morgan fingerprint density at radius 2 is 1.95 bits per heavy atom. The van der Waals surface area contributed by atoms with Crippen molar-refractivity contribution in [3.05, 3.63) is 63.8 Å². The number of benzene rings is 2. The van der Waals surface area contributed by atoms with Crippen LogP contribution in [0.25, 0.3) is 22.0 Å². The highest BCUT2D eigenvalue weighted by Crippen LogP contribution is 2.44. The maximum absolute atomic E-state index is 14.0. The summed E-state index contributed by atoms with van der Waals surface area (Å²) >= 11 is 7.60. The fraction of sp³-hybridized carbons (Fsp3) is 0.370. The lowest BCUT2D eigenvalue weighted by molar-refractivity contribution is -0.130. The molecule has 1 aromatic heterocycles. The SMILES string of the molecule is C=CC(=O)N1[C@H](C)CN(c2nc(=O)n3c4c(c(-c5ccc(F)c(Cl)c5)c(C)cc24)SCC(O)C3)C[C@@H]1C. The summed E-state index contributed by atoms with van der Waals surface area (Å²) in [4.78, 5) is 35.0. The molecule has 3 aromatic rings. The molecular formula is C27H28ClFN4O3S. The van der Waals surface area contributed by atoms with Gasteiger partial charge in [0.1, 0.15) is 11.6 Å². The van der Waals surface area contributed by atoms with E-state index in [1.54, 1.807) is 17.0 Å². The highest BCUT2D eigenvalue weighted by molar-refractivity contribution is 7.99. The van der Waals surface area contributed by atoms with Crippen LogP contribution in [0.4, 0.5) is 10.2 Å². The number of carbonyl (C=O) groups is 1. The first-order chi connectivity index (χ1) is 17.6. The molecule has 2 aliphatic heterocycles. The van der Waals surface area contributed by atoms with Crippen LogP contribution in [0.1, 0.15) is 19.4 Å². The maximum atomic E-state index is 14.0. The van der Waals surface area contributed by atoms with E-state index < -0.39 is 17.6 Å². The molecule has 5 rings (SSSR count). The molecule has 1 N–H and O–H groups in total. The van der Waals surface area contributed by atoms with Crippen molar-refractivity contribution < 1.29 is 14.3 Å². The standard InChI is InChI=1S/C27H28ClFN4O3S/c1-5-22(35)33-15(3)10-31(11-16(33)4)26-19-8-14(2)23(17-6-7-21(29)20(28)9-17)25-24(19)32(27(36)30-26)12-18(34)13-37-25/h5-9,15-16,18,34H,1,10-13H2,2-4H3/t15-,16+,18?. The third-order valence-corrected chi connectivity index (χ3v) is 8.59. The van der Waals surface area contributed by atoms with Crippen molar-refractivity contribution in [1.82, 2.24) is 14.5 Å². The van der Waals surface area contributed by atoms with Crippen LogP contribution in [0.5, 0.6) is 0 Å². The molecule has 0 aliphatic carbocycles. The van der Waals surface area contributed by atoms with E-state index in [9.17, 15) is 19.1 Å². The molecule has 10 heteroatoms. The molecule has 1 saturated heterocycles. The molecule has 3 atom stereocenters. The van der Waals surface area contributed by atoms with Crippen molar-refractivity contribution in [2.45, 2.75) is 50.4 Å². The number of aliphatic hydroxyl groups excluding tert-OH is 1. The summed E-state index contributed by atoms with van der Waals surface area (Å²) in [6.45, 7) is 10.7. The molecule has 194 valence electrons. The van der Waals surface area contributed by atoms with Gasteiger partial charge in [-0.2, -0.15) is 4.98 Å². The van der Waals surface area contributed by atoms with Gasteiger partial charge >= 0.3 is 5.69 Å². The second kappa shape index (κ2) is 9.78. The fourth-order valence-electron chi connectivity index (χ4n) is 5.56. The van der Waals surface area contributed by atoms with Crippen LogP contribution in [-0.2, 0) is 11.3 Å². The molecule has 3 heterocycles. The van der Waals surface area contributed by atoms with E-state index in [2.05, 4.69) is 16.5 Å². The van der Waals surface area contributed by atoms with Crippen molar-refractivity contribution in [1.29, 1.82) is 0 Å². The van der Waals surface area contributed by atoms with Gasteiger partial charge in [-0.05, 0) is 56.2 Å². The minimum atomic E-state index is -0.732. The maximum Gasteiger partial charge on any atom is 0.350 e. The van der Waals surface area contributed by atoms with Crippen LogP contribution in [0.15, 0.2) is 46.6 Å². The van der Waals surface area contributed by atoms with E-state index in [4.69, 9.17) is 11.6 Å². The van der Waals surface area contributed by atoms with Gasteiger partial charge in [0, 0.05) is 46.8 Å². The quantitative estimate of drug-likeness (QED) is 0.499. The van der Waals surface area contributed by atoms with E-state index >= 15 is 0 Å². The Bertz CT molecular complexity index is 1480. The summed E-state index contributed by atoms with van der Waals surface area (Å²) < 4.78 is 15.5. The van der Waals surface area contributed by atoms with Gasteiger partial charge in [-0.15, -0.1) is 11.8 Å². The van der Waals surface area contributed by atoms with E-state index in [0.717, 1.165) is 27.0 Å². The Kier molecular flexibility index (Phi) is 6.81. The monoisotopic (exact) mass is 542 g/mol. The van der Waals surface area contributed by atoms with E-state index in [0.29, 0.717) is 30.2 Å². The van der Waals surface area contributed by atoms with Crippen molar-refractivity contribution in [2.75, 3.05) is 23.7 Å². The zero-order valence-corrected chi connectivity index (χ0v) is 22.4. The lowest BCUT2D eigenvalue weighted by Gasteiger charge is -2.44. The Morgan fingerprint density at radius 1 is 1.24 bits per heavy atom. The van der Waals surface area contributed by atoms with Gasteiger partial charge in [-0.25, -0.2) is 9.18 Å². The summed E-state index contributed by atoms with van der Waals surface area (Å²) in [5.74, 6) is 0.335. The molecule has 7 nitrogen and oxygen atoms in total. The number of amides is 1. The topological polar surface area (TPSA) is 78.7 Å². The third kappa shape index (κ3) is 4.43. The normalized spacial score (nSPS) is 21.7. The molecule has 0 radical (unpaired) electrons. The fourth-order valence-corrected chi connectivity index (χ4v) is 6.99. The predicted molar refractivity (Wildman–Crippen MR) is 146 cm³/mol. The van der Waals surface area contributed by atoms with Gasteiger partial charge in [0.2, 0.25) is 5.91 Å². The van der Waals surface area contributed by atoms with E-state index in [1.165, 1.54) is 28.5 Å². The Hall–Kier alpha value is -2.88. The Balaban J connectivity index is 1.74. The minimum Gasteiger partial charge on any atom is -0.390 e. The number of rotatable bonds is 3. The average molecular weight is 543 g/mol. The van der Waals surface area contributed by atoms with Gasteiger partial charge in [0.25, 0.3) is 0 Å². The van der Waals surface area contributed by atoms with Gasteiger partial charge < -0.3 is 14.9 Å². The van der Waals surface area contributed by atoms with Gasteiger partial charge in [-0.3, -0.25) is 9.36 Å². The lowest BCUT2D eigenvalue weighted by Crippen LogP contribution is -2.58. The first-order valence-electron chi connectivity index (χ1n) is 12.1. The van der Waals surface area contributed by atoms with Crippen LogP contribution in [0.2, 0.25) is 5.02 Å². The van der Waals surface area contributed by atoms with Crippen LogP contribution >= 0.6 is 23.4 Å². The number of aliphatic hydroxyl groups is 1. The average Bonchev–Trinajstić information content (AvgIpc) is 3.02. The van der Waals surface area contributed by atoms with Crippen molar-refractivity contribution in [3.63, 3.8) is 0 Å². The molecule has 1 unspecified atom stereocenters. The van der Waals surface area contributed by atoms with Gasteiger partial charge in [0.05, 0.1) is 23.2 Å². The number of anilines is 1. The number of carbonyl (C=O) groups excluding carboxylic acids is 1. The molecule has 37 heavy (non-hydrogen) atoms. The minimum absolute atomic E-state index is 0.0191. The lowest BCUT2D eigenvalue weighted by atomic mass is 9.97. The van der Waals surface area contributed by atoms with Crippen LogP contribution in [-0.4, -0.2) is 62.5 Å². The molecular weight excluding hydrogens is 515 g/mol. The van der Waals surface area contributed by atoms with Crippen molar-refractivity contribution in [2.24, 2.45) is 0 Å². The largest absolute Gasteiger partial charge is 0.390 e. The van der Waals surface area contributed by atoms with Crippen molar-refractivity contribution in [3.8, 4) is 11.1 Å². The molecule has 2 aromatic carbocycles. The summed E-state index contributed by atoms with van der Waals surface area (Å²) in [6, 6.07) is 6.38. The number of aryl methyl sites for hydroxylation is 1. The zero-order valence-electron chi connectivity index (χ0n) is 20.9. The molecule has 2 aliphatic rings. The first-order valence-corrected chi connectivity index (χ1v) is 13.5. The number of aromatic nitrogens is 2. The second-order valence-electron chi connectivity index (χ2n) is 9.77. The molecule has 1 amide bonds. The number of hydrogen-bond donors (Lipinski definition) is 1. The first kappa shape index (κ1) is 25.8. The number of piperazine rings is 1. The number of thioether (sulfide) groups is 1. The highest BCUT2D eigenvalue weighted by Gasteiger charge is 2.34. The van der Waals surface area contributed by atoms with Crippen LogP contribution in [0.3, 0.4) is 0 Å². The Morgan fingerprint density at radius 3 is 2.59 bits per heavy atom. The van der Waals surface area contributed by atoms with Gasteiger partial charge in [-0.1, -0.05) is 24.2 Å². The Labute approximate surface area is 223 Å². The number of hydrogen-bond acceptors (Lipinski definition) is 6. The summed E-state index contributed by atoms with van der Waals surface area (Å²) in [5, 5.41) is 11.4. The van der Waals surface area contributed by atoms with E-state index in [1.807, 2.05) is 26.8 Å². The van der Waals surface area contributed by atoms with Crippen LogP contribution in [0, 0.1) is 12.7 Å². The summed E-state index contributed by atoms with van der Waals surface area (Å²) in [7, 11) is 0. The predicted octanol–water partition coefficient (Wildman–Crippen LogP) is 4.24. The van der Waals surface area contributed by atoms with Gasteiger partial charge in [0.15, 0.2) is 0 Å². The summed E-state index contributed by atoms with van der Waals surface area (Å²) in [6.07, 6.45) is 0.596. The second-order valence-corrected chi connectivity index (χ2v) is 11.2. The molecule has 1 fully saturated rings. The molecule has 0 spiro atoms. The summed E-state index contributed by atoms with van der Waals surface area (Å²) in [5.41, 5.74) is 2.76. The van der Waals surface area contributed by atoms with E-state index in [-0.39, 0.29) is 29.6 Å². The molecule has 0 bridgehead atoms.